The van der Waals surface area contributed by atoms with Crippen LogP contribution in [-0.2, 0) is 15.7 Å². The summed E-state index contributed by atoms with van der Waals surface area (Å²) in [5, 5.41) is 2.76. The Kier molecular flexibility index (Phi) is 3.91. The molecule has 0 aliphatic carbocycles. The lowest BCUT2D eigenvalue weighted by molar-refractivity contribution is -0.141. The fourth-order valence-electron chi connectivity index (χ4n) is 1.80. The molecule has 0 aromatic carbocycles. The summed E-state index contributed by atoms with van der Waals surface area (Å²) >= 11 is 0. The molecule has 0 spiro atoms. The average Bonchev–Trinajstić information content (AvgIpc) is 2.85. The molecule has 1 aliphatic rings. The number of anilines is 1. The van der Waals surface area contributed by atoms with Gasteiger partial charge in [0.15, 0.2) is 0 Å². The lowest BCUT2D eigenvalue weighted by atomic mass is 10.0. The third-order valence-corrected chi connectivity index (χ3v) is 3.01. The Bertz CT molecular complexity index is 433. The first-order valence-electron chi connectivity index (χ1n) is 5.72. The third kappa shape index (κ3) is 3.32. The van der Waals surface area contributed by atoms with Crippen molar-refractivity contribution in [2.45, 2.75) is 18.2 Å². The van der Waals surface area contributed by atoms with Crippen molar-refractivity contribution >= 4 is 5.95 Å². The van der Waals surface area contributed by atoms with Crippen LogP contribution in [0, 0.1) is 0 Å². The fourth-order valence-corrected chi connectivity index (χ4v) is 1.80. The molecule has 19 heavy (non-hydrogen) atoms. The molecule has 1 aromatic rings. The van der Waals surface area contributed by atoms with Gasteiger partial charge in [0.05, 0.1) is 6.61 Å². The van der Waals surface area contributed by atoms with E-state index in [9.17, 15) is 13.2 Å². The fraction of sp³-hybridized carbons (Fsp3) is 0.636. The molecular weight excluding hydrogens is 263 g/mol. The van der Waals surface area contributed by atoms with Gasteiger partial charge in [-0.1, -0.05) is 0 Å². The maximum absolute atomic E-state index is 12.5. The SMILES string of the molecule is COC1(CNc2nccc(C(F)(F)F)n2)CCOC1. The molecule has 2 rings (SSSR count). The van der Waals surface area contributed by atoms with Crippen LogP contribution < -0.4 is 5.32 Å². The van der Waals surface area contributed by atoms with Crippen LogP contribution >= 0.6 is 0 Å². The molecule has 2 heterocycles. The third-order valence-electron chi connectivity index (χ3n) is 3.01. The van der Waals surface area contributed by atoms with Crippen LogP contribution in [0.15, 0.2) is 12.3 Å². The van der Waals surface area contributed by atoms with Gasteiger partial charge >= 0.3 is 6.18 Å². The van der Waals surface area contributed by atoms with Crippen LogP contribution in [0.4, 0.5) is 19.1 Å². The summed E-state index contributed by atoms with van der Waals surface area (Å²) in [5.74, 6) is -0.0712. The Labute approximate surface area is 108 Å². The van der Waals surface area contributed by atoms with E-state index in [1.807, 2.05) is 0 Å². The van der Waals surface area contributed by atoms with Gasteiger partial charge < -0.3 is 14.8 Å². The van der Waals surface area contributed by atoms with Crippen molar-refractivity contribution in [3.8, 4) is 0 Å². The number of methoxy groups -OCH3 is 1. The Balaban J connectivity index is 2.03. The molecule has 0 bridgehead atoms. The highest BCUT2D eigenvalue weighted by Crippen LogP contribution is 2.28. The maximum atomic E-state index is 12.5. The lowest BCUT2D eigenvalue weighted by Crippen LogP contribution is -2.40. The van der Waals surface area contributed by atoms with E-state index in [1.54, 1.807) is 7.11 Å². The molecule has 1 aromatic heterocycles. The van der Waals surface area contributed by atoms with Gasteiger partial charge in [0.1, 0.15) is 11.3 Å². The van der Waals surface area contributed by atoms with Crippen molar-refractivity contribution in [3.05, 3.63) is 18.0 Å². The zero-order valence-corrected chi connectivity index (χ0v) is 10.3. The summed E-state index contributed by atoms with van der Waals surface area (Å²) in [6.07, 6.45) is -2.73. The lowest BCUT2D eigenvalue weighted by Gasteiger charge is -2.25. The standard InChI is InChI=1S/C11H14F3N3O2/c1-18-10(3-5-19-7-10)6-16-9-15-4-2-8(17-9)11(12,13)14/h2,4H,3,5-7H2,1H3,(H,15,16,17). The molecule has 0 saturated carbocycles. The number of alkyl halides is 3. The predicted octanol–water partition coefficient (Wildman–Crippen LogP) is 1.71. The molecule has 1 aliphatic heterocycles. The highest BCUT2D eigenvalue weighted by molar-refractivity contribution is 5.27. The number of halogens is 3. The van der Waals surface area contributed by atoms with Crippen LogP contribution in [0.25, 0.3) is 0 Å². The van der Waals surface area contributed by atoms with Crippen LogP contribution in [-0.4, -0.2) is 42.4 Å². The summed E-state index contributed by atoms with van der Waals surface area (Å²) in [7, 11) is 1.54. The minimum atomic E-state index is -4.48. The van der Waals surface area contributed by atoms with Crippen molar-refractivity contribution in [3.63, 3.8) is 0 Å². The normalized spacial score (nSPS) is 23.6. The Morgan fingerprint density at radius 2 is 2.32 bits per heavy atom. The van der Waals surface area contributed by atoms with Crippen molar-refractivity contribution < 1.29 is 22.6 Å². The van der Waals surface area contributed by atoms with Crippen LogP contribution in [0.2, 0.25) is 0 Å². The van der Waals surface area contributed by atoms with Crippen LogP contribution in [0.3, 0.4) is 0 Å². The first kappa shape index (κ1) is 14.0. The summed E-state index contributed by atoms with van der Waals surface area (Å²) < 4.78 is 48.0. The van der Waals surface area contributed by atoms with Crippen LogP contribution in [0.1, 0.15) is 12.1 Å². The van der Waals surface area contributed by atoms with Gasteiger partial charge in [-0.15, -0.1) is 0 Å². The molecule has 0 amide bonds. The Morgan fingerprint density at radius 1 is 1.53 bits per heavy atom. The number of nitrogens with zero attached hydrogens (tertiary/aromatic N) is 2. The van der Waals surface area contributed by atoms with E-state index in [4.69, 9.17) is 9.47 Å². The quantitative estimate of drug-likeness (QED) is 0.908. The monoisotopic (exact) mass is 277 g/mol. The van der Waals surface area contributed by atoms with Crippen LogP contribution in [0.5, 0.6) is 0 Å². The van der Waals surface area contributed by atoms with Gasteiger partial charge in [-0.05, 0) is 6.07 Å². The number of hydrogen-bond donors (Lipinski definition) is 1. The number of aromatic nitrogens is 2. The predicted molar refractivity (Wildman–Crippen MR) is 60.7 cm³/mol. The largest absolute Gasteiger partial charge is 0.433 e. The molecule has 1 fully saturated rings. The second kappa shape index (κ2) is 5.30. The smallest absolute Gasteiger partial charge is 0.378 e. The van der Waals surface area contributed by atoms with Crippen molar-refractivity contribution in [1.29, 1.82) is 0 Å². The highest BCUT2D eigenvalue weighted by Gasteiger charge is 2.36. The second-order valence-corrected chi connectivity index (χ2v) is 4.31. The molecule has 1 atom stereocenters. The van der Waals surface area contributed by atoms with Crippen molar-refractivity contribution in [2.24, 2.45) is 0 Å². The van der Waals surface area contributed by atoms with E-state index in [0.29, 0.717) is 26.2 Å². The molecule has 1 N–H and O–H groups in total. The van der Waals surface area contributed by atoms with Crippen molar-refractivity contribution in [1.82, 2.24) is 9.97 Å². The van der Waals surface area contributed by atoms with E-state index in [0.717, 1.165) is 12.3 Å². The zero-order valence-electron chi connectivity index (χ0n) is 10.3. The zero-order chi connectivity index (χ0) is 13.9. The van der Waals surface area contributed by atoms with E-state index in [-0.39, 0.29) is 5.95 Å². The highest BCUT2D eigenvalue weighted by atomic mass is 19.4. The summed E-state index contributed by atoms with van der Waals surface area (Å²) in [6, 6.07) is 0.829. The van der Waals surface area contributed by atoms with E-state index in [2.05, 4.69) is 15.3 Å². The summed E-state index contributed by atoms with van der Waals surface area (Å²) in [6.45, 7) is 1.26. The first-order chi connectivity index (χ1) is 8.95. The van der Waals surface area contributed by atoms with Crippen molar-refractivity contribution in [2.75, 3.05) is 32.2 Å². The number of hydrogen-bond acceptors (Lipinski definition) is 5. The second-order valence-electron chi connectivity index (χ2n) is 4.31. The van der Waals surface area contributed by atoms with E-state index < -0.39 is 17.5 Å². The molecule has 106 valence electrons. The summed E-state index contributed by atoms with van der Waals surface area (Å²) in [4.78, 5) is 7.19. The van der Waals surface area contributed by atoms with E-state index >= 15 is 0 Å². The topological polar surface area (TPSA) is 56.3 Å². The molecule has 8 heteroatoms. The maximum Gasteiger partial charge on any atom is 0.433 e. The number of ether oxygens (including phenoxy) is 2. The first-order valence-corrected chi connectivity index (χ1v) is 5.72. The van der Waals surface area contributed by atoms with E-state index in [1.165, 1.54) is 0 Å². The minimum absolute atomic E-state index is 0.0712. The van der Waals surface area contributed by atoms with Gasteiger partial charge in [-0.3, -0.25) is 0 Å². The van der Waals surface area contributed by atoms with Gasteiger partial charge in [-0.2, -0.15) is 13.2 Å². The van der Waals surface area contributed by atoms with Gasteiger partial charge in [0.2, 0.25) is 5.95 Å². The molecule has 5 nitrogen and oxygen atoms in total. The average molecular weight is 277 g/mol. The number of rotatable bonds is 4. The molecule has 1 unspecified atom stereocenters. The van der Waals surface area contributed by atoms with Gasteiger partial charge in [0.25, 0.3) is 0 Å². The van der Waals surface area contributed by atoms with Gasteiger partial charge in [-0.25, -0.2) is 9.97 Å². The molecular formula is C11H14F3N3O2. The minimum Gasteiger partial charge on any atom is -0.378 e. The number of nitrogens with one attached hydrogen (secondary N) is 1. The molecule has 1 saturated heterocycles. The Hall–Kier alpha value is -1.41. The Morgan fingerprint density at radius 3 is 2.89 bits per heavy atom. The molecule has 0 radical (unpaired) electrons. The van der Waals surface area contributed by atoms with Gasteiger partial charge in [0, 0.05) is 32.9 Å². The summed E-state index contributed by atoms with van der Waals surface area (Å²) in [5.41, 5.74) is -1.50.